The molecular weight excluding hydrogens is 238 g/mol. The summed E-state index contributed by atoms with van der Waals surface area (Å²) in [5.41, 5.74) is 1.15. The first kappa shape index (κ1) is 14.6. The molecule has 1 aliphatic heterocycles. The molecule has 2 rings (SSSR count). The second kappa shape index (κ2) is 7.01. The average Bonchev–Trinajstić information content (AvgIpc) is 2.20. The van der Waals surface area contributed by atoms with Crippen molar-refractivity contribution in [1.29, 1.82) is 0 Å². The molecule has 1 aliphatic rings. The highest BCUT2D eigenvalue weighted by molar-refractivity contribution is 5.85. The Morgan fingerprint density at radius 2 is 1.73 bits per heavy atom. The molecule has 0 amide bonds. The van der Waals surface area contributed by atoms with Crippen LogP contribution in [0.2, 0.25) is 0 Å². The highest BCUT2D eigenvalue weighted by atomic mass is 35.5. The third-order valence-corrected chi connectivity index (χ3v) is 2.31. The Kier molecular flexibility index (Phi) is 6.85. The number of nitrogens with one attached hydrogen (secondary N) is 2. The van der Waals surface area contributed by atoms with Gasteiger partial charge >= 0.3 is 0 Å². The fraction of sp³-hybridized carbons (Fsp3) is 0.400. The van der Waals surface area contributed by atoms with E-state index in [9.17, 15) is 4.39 Å². The van der Waals surface area contributed by atoms with Crippen LogP contribution in [0.1, 0.15) is 11.6 Å². The van der Waals surface area contributed by atoms with Crippen LogP contribution in [-0.2, 0) is 0 Å². The van der Waals surface area contributed by atoms with E-state index < -0.39 is 0 Å². The van der Waals surface area contributed by atoms with Crippen LogP contribution in [0, 0.1) is 5.82 Å². The van der Waals surface area contributed by atoms with Gasteiger partial charge in [0.05, 0.1) is 0 Å². The number of hydrogen-bond donors (Lipinski definition) is 2. The Labute approximate surface area is 101 Å². The summed E-state index contributed by atoms with van der Waals surface area (Å²) >= 11 is 0. The van der Waals surface area contributed by atoms with E-state index in [1.165, 1.54) is 12.1 Å². The summed E-state index contributed by atoms with van der Waals surface area (Å²) in [6.07, 6.45) is 0. The Morgan fingerprint density at radius 3 is 2.27 bits per heavy atom. The topological polar surface area (TPSA) is 24.1 Å². The molecule has 1 saturated heterocycles. The largest absolute Gasteiger partial charge is 0.314 e. The Balaban J connectivity index is 0.000000980. The molecule has 0 bridgehead atoms. The monoisotopic (exact) mass is 252 g/mol. The van der Waals surface area contributed by atoms with Crippen molar-refractivity contribution in [3.63, 3.8) is 0 Å². The lowest BCUT2D eigenvalue weighted by atomic mass is 10.1. The van der Waals surface area contributed by atoms with Crippen LogP contribution in [0.3, 0.4) is 0 Å². The Morgan fingerprint density at radius 1 is 1.07 bits per heavy atom. The molecule has 0 radical (unpaired) electrons. The van der Waals surface area contributed by atoms with Crippen molar-refractivity contribution in [2.24, 2.45) is 0 Å². The lowest BCUT2D eigenvalue weighted by molar-refractivity contribution is 0.430. The average molecular weight is 253 g/mol. The second-order valence-corrected chi connectivity index (χ2v) is 3.26. The number of benzene rings is 1. The molecule has 2 N–H and O–H groups in total. The highest BCUT2D eigenvalue weighted by Gasteiger charge is 2.13. The normalized spacial score (nSPS) is 19.9. The van der Waals surface area contributed by atoms with E-state index >= 15 is 0 Å². The minimum Gasteiger partial charge on any atom is -0.314 e. The SMILES string of the molecule is Cl.Cl.Fc1ccc(C2CNCCN2)cc1. The summed E-state index contributed by atoms with van der Waals surface area (Å²) in [7, 11) is 0. The van der Waals surface area contributed by atoms with Gasteiger partial charge in [0.1, 0.15) is 5.82 Å². The molecule has 0 aliphatic carbocycles. The van der Waals surface area contributed by atoms with Crippen LogP contribution in [0.15, 0.2) is 24.3 Å². The van der Waals surface area contributed by atoms with Crippen molar-refractivity contribution in [3.8, 4) is 0 Å². The molecule has 1 atom stereocenters. The van der Waals surface area contributed by atoms with E-state index in [-0.39, 0.29) is 30.6 Å². The van der Waals surface area contributed by atoms with Crippen LogP contribution < -0.4 is 10.6 Å². The van der Waals surface area contributed by atoms with Crippen LogP contribution in [0.4, 0.5) is 4.39 Å². The summed E-state index contributed by atoms with van der Waals surface area (Å²) in [4.78, 5) is 0. The maximum absolute atomic E-state index is 12.6. The minimum absolute atomic E-state index is 0. The van der Waals surface area contributed by atoms with Gasteiger partial charge in [-0.2, -0.15) is 0 Å². The van der Waals surface area contributed by atoms with Gasteiger partial charge in [0.2, 0.25) is 0 Å². The molecule has 1 aromatic rings. The van der Waals surface area contributed by atoms with Crippen molar-refractivity contribution in [2.75, 3.05) is 19.6 Å². The maximum atomic E-state index is 12.6. The van der Waals surface area contributed by atoms with E-state index in [1.807, 2.05) is 12.1 Å². The van der Waals surface area contributed by atoms with E-state index in [0.717, 1.165) is 25.2 Å². The van der Waals surface area contributed by atoms with Crippen molar-refractivity contribution in [1.82, 2.24) is 10.6 Å². The zero-order valence-corrected chi connectivity index (χ0v) is 9.84. The summed E-state index contributed by atoms with van der Waals surface area (Å²) in [6, 6.07) is 7.01. The van der Waals surface area contributed by atoms with Gasteiger partial charge in [-0.15, -0.1) is 24.8 Å². The molecule has 5 heteroatoms. The quantitative estimate of drug-likeness (QED) is 0.798. The lowest BCUT2D eigenvalue weighted by Crippen LogP contribution is -2.42. The van der Waals surface area contributed by atoms with Crippen molar-refractivity contribution < 1.29 is 4.39 Å². The molecule has 15 heavy (non-hydrogen) atoms. The van der Waals surface area contributed by atoms with Gasteiger partial charge in [-0.05, 0) is 17.7 Å². The summed E-state index contributed by atoms with van der Waals surface area (Å²) in [5.74, 6) is -0.174. The van der Waals surface area contributed by atoms with Gasteiger partial charge in [-0.3, -0.25) is 0 Å². The molecule has 1 heterocycles. The fourth-order valence-corrected chi connectivity index (χ4v) is 1.58. The Bertz CT molecular complexity index is 273. The minimum atomic E-state index is -0.174. The third-order valence-electron chi connectivity index (χ3n) is 2.31. The van der Waals surface area contributed by atoms with Crippen LogP contribution in [0.5, 0.6) is 0 Å². The molecule has 0 spiro atoms. The van der Waals surface area contributed by atoms with Gasteiger partial charge < -0.3 is 10.6 Å². The molecule has 1 unspecified atom stereocenters. The first-order valence-electron chi connectivity index (χ1n) is 4.56. The molecule has 0 aromatic heterocycles. The number of piperazine rings is 1. The number of hydrogen-bond acceptors (Lipinski definition) is 2. The zero-order valence-electron chi connectivity index (χ0n) is 8.20. The molecule has 0 saturated carbocycles. The highest BCUT2D eigenvalue weighted by Crippen LogP contribution is 2.13. The third kappa shape index (κ3) is 3.95. The van der Waals surface area contributed by atoms with Crippen molar-refractivity contribution in [2.45, 2.75) is 6.04 Å². The molecular formula is C10H15Cl2FN2. The van der Waals surface area contributed by atoms with E-state index in [4.69, 9.17) is 0 Å². The maximum Gasteiger partial charge on any atom is 0.123 e. The van der Waals surface area contributed by atoms with Gasteiger partial charge in [0.15, 0.2) is 0 Å². The Hall–Kier alpha value is -0.350. The van der Waals surface area contributed by atoms with Gasteiger partial charge in [0, 0.05) is 25.7 Å². The first-order valence-corrected chi connectivity index (χ1v) is 4.56. The van der Waals surface area contributed by atoms with Gasteiger partial charge in [0.25, 0.3) is 0 Å². The standard InChI is InChI=1S/C10H13FN2.2ClH/c11-9-3-1-8(2-4-9)10-7-12-5-6-13-10;;/h1-4,10,12-13H,5-7H2;2*1H. The smallest absolute Gasteiger partial charge is 0.123 e. The van der Waals surface area contributed by atoms with Crippen molar-refractivity contribution >= 4 is 24.8 Å². The predicted molar refractivity (Wildman–Crippen MR) is 64.5 cm³/mol. The lowest BCUT2D eigenvalue weighted by Gasteiger charge is -2.24. The summed E-state index contributed by atoms with van der Waals surface area (Å²) < 4.78 is 12.6. The summed E-state index contributed by atoms with van der Waals surface area (Å²) in [6.45, 7) is 2.91. The zero-order chi connectivity index (χ0) is 9.10. The fourth-order valence-electron chi connectivity index (χ4n) is 1.58. The van der Waals surface area contributed by atoms with Crippen molar-refractivity contribution in [3.05, 3.63) is 35.6 Å². The second-order valence-electron chi connectivity index (χ2n) is 3.26. The summed E-state index contributed by atoms with van der Waals surface area (Å²) in [5, 5.41) is 6.66. The molecule has 2 nitrogen and oxygen atoms in total. The van der Waals surface area contributed by atoms with E-state index in [2.05, 4.69) is 10.6 Å². The van der Waals surface area contributed by atoms with Crippen LogP contribution in [0.25, 0.3) is 0 Å². The van der Waals surface area contributed by atoms with Crippen LogP contribution in [-0.4, -0.2) is 19.6 Å². The van der Waals surface area contributed by atoms with Gasteiger partial charge in [-0.25, -0.2) is 4.39 Å². The van der Waals surface area contributed by atoms with E-state index in [0.29, 0.717) is 6.04 Å². The van der Waals surface area contributed by atoms with Crippen LogP contribution >= 0.6 is 24.8 Å². The van der Waals surface area contributed by atoms with Gasteiger partial charge in [-0.1, -0.05) is 12.1 Å². The number of rotatable bonds is 1. The predicted octanol–water partition coefficient (Wildman–Crippen LogP) is 1.90. The molecule has 1 fully saturated rings. The molecule has 86 valence electrons. The van der Waals surface area contributed by atoms with E-state index in [1.54, 1.807) is 0 Å². The first-order chi connectivity index (χ1) is 6.36. The number of halogens is 3. The molecule has 1 aromatic carbocycles.